The summed E-state index contributed by atoms with van der Waals surface area (Å²) in [6.07, 6.45) is 0. The van der Waals surface area contributed by atoms with E-state index in [1.165, 1.54) is 11.0 Å². The zero-order valence-electron chi connectivity index (χ0n) is 3.23. The molecule has 0 rings (SSSR count). The summed E-state index contributed by atoms with van der Waals surface area (Å²) < 4.78 is 2.78. The molecule has 0 saturated carbocycles. The molecule has 0 amide bonds. The molecule has 0 spiro atoms. The molecule has 6 heavy (non-hydrogen) atoms. The van der Waals surface area contributed by atoms with Crippen LogP contribution < -0.4 is 9.86 Å². The molecule has 0 bridgehead atoms. The number of rotatable bonds is 3. The molecule has 36 valence electrons. The lowest BCUT2D eigenvalue weighted by Gasteiger charge is -1.88. The lowest BCUT2D eigenvalue weighted by molar-refractivity contribution is 1.14. The van der Waals surface area contributed by atoms with Crippen LogP contribution in [0.3, 0.4) is 0 Å². The normalized spacial score (nSPS) is 9.00. The van der Waals surface area contributed by atoms with Crippen molar-refractivity contribution in [3.05, 3.63) is 6.92 Å². The van der Waals surface area contributed by atoms with Crippen LogP contribution in [0.5, 0.6) is 0 Å². The third-order valence-corrected chi connectivity index (χ3v) is 1.21. The third kappa shape index (κ3) is 4.62. The summed E-state index contributed by atoms with van der Waals surface area (Å²) in [5.41, 5.74) is 0. The van der Waals surface area contributed by atoms with E-state index in [1.54, 1.807) is 0 Å². The zero-order valence-corrected chi connectivity index (χ0v) is 4.86. The standard InChI is InChI=1S/C2H6N2S2/c1-2-4-6-5-3/h3-4H,1-2H2. The van der Waals surface area contributed by atoms with Crippen LogP contribution in [0.25, 0.3) is 0 Å². The molecule has 0 unspecified atom stereocenters. The Hall–Kier alpha value is 0.620. The Bertz CT molecular complexity index is 21.5. The Labute approximate surface area is 45.9 Å². The van der Waals surface area contributed by atoms with Gasteiger partial charge in [0, 0.05) is 28.5 Å². The highest BCUT2D eigenvalue weighted by Crippen LogP contribution is 2.07. The predicted octanol–water partition coefficient (Wildman–Crippen LogP) is 0.904. The van der Waals surface area contributed by atoms with Gasteiger partial charge < -0.3 is 0 Å². The molecular formula is C2H6N2S2. The van der Waals surface area contributed by atoms with Gasteiger partial charge in [0.25, 0.3) is 0 Å². The highest BCUT2D eigenvalue weighted by atomic mass is 33.1. The van der Waals surface area contributed by atoms with E-state index in [0.29, 0.717) is 6.54 Å². The molecule has 0 atom stereocenters. The Morgan fingerprint density at radius 1 is 1.83 bits per heavy atom. The average molecular weight is 122 g/mol. The van der Waals surface area contributed by atoms with Crippen LogP contribution in [0, 0.1) is 6.92 Å². The second kappa shape index (κ2) is 5.62. The molecule has 2 radical (unpaired) electrons. The van der Waals surface area contributed by atoms with Gasteiger partial charge in [0.2, 0.25) is 0 Å². The van der Waals surface area contributed by atoms with Crippen molar-refractivity contribution in [1.82, 2.24) is 9.86 Å². The van der Waals surface area contributed by atoms with Gasteiger partial charge in [-0.3, -0.25) is 4.72 Å². The monoisotopic (exact) mass is 122 g/mol. The highest BCUT2D eigenvalue weighted by Gasteiger charge is 1.74. The molecule has 2 N–H and O–H groups in total. The molecular weight excluding hydrogens is 116 g/mol. The fraction of sp³-hybridized carbons (Fsp3) is 0.500. The summed E-state index contributed by atoms with van der Waals surface area (Å²) >= 11 is 0. The smallest absolute Gasteiger partial charge is 0.0212 e. The Morgan fingerprint density at radius 3 is 2.67 bits per heavy atom. The Morgan fingerprint density at radius 2 is 2.50 bits per heavy atom. The maximum Gasteiger partial charge on any atom is 0.0212 e. The highest BCUT2D eigenvalue weighted by molar-refractivity contribution is 8.75. The minimum Gasteiger partial charge on any atom is -0.254 e. The van der Waals surface area contributed by atoms with E-state index in [-0.39, 0.29) is 0 Å². The molecule has 0 aliphatic rings. The molecule has 2 nitrogen and oxygen atoms in total. The summed E-state index contributed by atoms with van der Waals surface area (Å²) in [6.45, 7) is 4.17. The fourth-order valence-electron chi connectivity index (χ4n) is 0.0711. The molecule has 0 fully saturated rings. The van der Waals surface area contributed by atoms with E-state index >= 15 is 0 Å². The Kier molecular flexibility index (Phi) is 6.20. The summed E-state index contributed by atoms with van der Waals surface area (Å²) in [6, 6.07) is 0. The predicted molar refractivity (Wildman–Crippen MR) is 31.6 cm³/mol. The maximum absolute atomic E-state index is 6.50. The van der Waals surface area contributed by atoms with Gasteiger partial charge >= 0.3 is 0 Å². The van der Waals surface area contributed by atoms with Crippen molar-refractivity contribution in [2.75, 3.05) is 6.54 Å². The van der Waals surface area contributed by atoms with Gasteiger partial charge in [0.15, 0.2) is 0 Å². The lowest BCUT2D eigenvalue weighted by Crippen LogP contribution is -1.97. The van der Waals surface area contributed by atoms with Crippen molar-refractivity contribution in [3.63, 3.8) is 0 Å². The van der Waals surface area contributed by atoms with Gasteiger partial charge in [-0.05, 0) is 6.92 Å². The van der Waals surface area contributed by atoms with Crippen LogP contribution in [0.15, 0.2) is 0 Å². The second-order valence-electron chi connectivity index (χ2n) is 0.561. The van der Waals surface area contributed by atoms with Crippen LogP contribution in [0.2, 0.25) is 0 Å². The van der Waals surface area contributed by atoms with Crippen molar-refractivity contribution >= 4 is 22.0 Å². The van der Waals surface area contributed by atoms with Crippen LogP contribution >= 0.6 is 22.0 Å². The van der Waals surface area contributed by atoms with E-state index in [2.05, 4.69) is 11.6 Å². The van der Waals surface area contributed by atoms with Crippen LogP contribution in [-0.2, 0) is 0 Å². The molecule has 0 saturated heterocycles. The summed E-state index contributed by atoms with van der Waals surface area (Å²) in [5, 5.41) is 6.50. The number of hydrogen-bond acceptors (Lipinski definition) is 3. The van der Waals surface area contributed by atoms with E-state index in [0.717, 1.165) is 11.0 Å². The molecule has 0 aromatic heterocycles. The summed E-state index contributed by atoms with van der Waals surface area (Å²) in [4.78, 5) is 0. The van der Waals surface area contributed by atoms with Crippen molar-refractivity contribution in [2.24, 2.45) is 0 Å². The van der Waals surface area contributed by atoms with Crippen LogP contribution in [0.4, 0.5) is 0 Å². The minimum atomic E-state index is 0.677. The summed E-state index contributed by atoms with van der Waals surface area (Å²) in [7, 11) is 2.22. The van der Waals surface area contributed by atoms with Gasteiger partial charge in [0.05, 0.1) is 0 Å². The van der Waals surface area contributed by atoms with Crippen molar-refractivity contribution in [1.29, 1.82) is 0 Å². The molecule has 0 heterocycles. The zero-order chi connectivity index (χ0) is 4.83. The third-order valence-electron chi connectivity index (χ3n) is 0.203. The van der Waals surface area contributed by atoms with Gasteiger partial charge in [0.1, 0.15) is 0 Å². The number of nitrogens with one attached hydrogen (secondary N) is 2. The molecule has 0 aromatic rings. The van der Waals surface area contributed by atoms with Crippen LogP contribution in [-0.4, -0.2) is 6.54 Å². The van der Waals surface area contributed by atoms with E-state index in [1.807, 2.05) is 0 Å². The van der Waals surface area contributed by atoms with Gasteiger partial charge in [-0.1, -0.05) is 0 Å². The van der Waals surface area contributed by atoms with Gasteiger partial charge in [-0.2, -0.15) is 5.14 Å². The largest absolute Gasteiger partial charge is 0.254 e. The first-order valence-corrected chi connectivity index (χ1v) is 3.58. The minimum absolute atomic E-state index is 0.677. The average Bonchev–Trinajstić information content (AvgIpc) is 1.61. The van der Waals surface area contributed by atoms with Crippen molar-refractivity contribution < 1.29 is 0 Å². The lowest BCUT2D eigenvalue weighted by atomic mass is 10.8. The molecule has 0 aliphatic heterocycles. The van der Waals surface area contributed by atoms with E-state index in [9.17, 15) is 0 Å². The van der Waals surface area contributed by atoms with Gasteiger partial charge in [-0.15, -0.1) is 0 Å². The molecule has 4 heteroatoms. The first-order chi connectivity index (χ1) is 2.91. The fourth-order valence-corrected chi connectivity index (χ4v) is 0.640. The van der Waals surface area contributed by atoms with E-state index in [4.69, 9.17) is 5.14 Å². The first kappa shape index (κ1) is 6.62. The van der Waals surface area contributed by atoms with Crippen LogP contribution in [0.1, 0.15) is 0 Å². The number of hydrogen-bond donors (Lipinski definition) is 1. The van der Waals surface area contributed by atoms with E-state index < -0.39 is 0 Å². The van der Waals surface area contributed by atoms with Gasteiger partial charge in [-0.25, -0.2) is 0 Å². The van der Waals surface area contributed by atoms with Crippen molar-refractivity contribution in [3.8, 4) is 0 Å². The topological polar surface area (TPSA) is 35.8 Å². The first-order valence-electron chi connectivity index (χ1n) is 1.43. The molecule has 0 aromatic carbocycles. The quantitative estimate of drug-likeness (QED) is 0.343. The molecule has 0 aliphatic carbocycles. The second-order valence-corrected chi connectivity index (χ2v) is 2.18. The SMILES string of the molecule is [CH2]CNSS[NH]. The maximum atomic E-state index is 6.50. The Balaban J connectivity index is 2.34. The van der Waals surface area contributed by atoms with Crippen molar-refractivity contribution in [2.45, 2.75) is 0 Å². The summed E-state index contributed by atoms with van der Waals surface area (Å²) in [5.74, 6) is 0.